The van der Waals surface area contributed by atoms with Gasteiger partial charge in [0.1, 0.15) is 10.9 Å². The molecule has 1 heterocycles. The van der Waals surface area contributed by atoms with Gasteiger partial charge < -0.3 is 9.47 Å². The van der Waals surface area contributed by atoms with Crippen LogP contribution in [0.2, 0.25) is 0 Å². The van der Waals surface area contributed by atoms with Crippen molar-refractivity contribution in [3.8, 4) is 11.5 Å². The first-order valence-electron chi connectivity index (χ1n) is 8.43. The molecule has 1 fully saturated rings. The van der Waals surface area contributed by atoms with Gasteiger partial charge in [-0.25, -0.2) is 0 Å². The first kappa shape index (κ1) is 20.6. The SMILES string of the molecule is C=CCN1C(=O)/C(=C\c2ccc(OC)c(OCc3ccc(Br)cc3)c2)SC1=S. The van der Waals surface area contributed by atoms with Gasteiger partial charge in [-0.2, -0.15) is 0 Å². The number of amides is 1. The van der Waals surface area contributed by atoms with Crippen LogP contribution < -0.4 is 9.47 Å². The highest BCUT2D eigenvalue weighted by Crippen LogP contribution is 2.35. The van der Waals surface area contributed by atoms with E-state index >= 15 is 0 Å². The van der Waals surface area contributed by atoms with Crippen molar-refractivity contribution in [1.82, 2.24) is 4.90 Å². The Kier molecular flexibility index (Phi) is 6.93. The number of benzene rings is 2. The quantitative estimate of drug-likeness (QED) is 0.303. The third-order valence-electron chi connectivity index (χ3n) is 3.98. The number of ether oxygens (including phenoxy) is 2. The van der Waals surface area contributed by atoms with E-state index in [1.165, 1.54) is 16.7 Å². The zero-order valence-electron chi connectivity index (χ0n) is 15.2. The highest BCUT2D eigenvalue weighted by Gasteiger charge is 2.30. The van der Waals surface area contributed by atoms with Crippen molar-refractivity contribution in [2.75, 3.05) is 13.7 Å². The molecule has 0 radical (unpaired) electrons. The molecule has 0 spiro atoms. The smallest absolute Gasteiger partial charge is 0.266 e. The van der Waals surface area contributed by atoms with Gasteiger partial charge in [-0.15, -0.1) is 6.58 Å². The fourth-order valence-corrected chi connectivity index (χ4v) is 4.11. The molecule has 0 aromatic heterocycles. The van der Waals surface area contributed by atoms with Crippen LogP contribution in [0.25, 0.3) is 6.08 Å². The molecular formula is C21H18BrNO3S2. The largest absolute Gasteiger partial charge is 0.493 e. The monoisotopic (exact) mass is 475 g/mol. The molecule has 1 aliphatic heterocycles. The summed E-state index contributed by atoms with van der Waals surface area (Å²) in [6.07, 6.45) is 3.48. The highest BCUT2D eigenvalue weighted by molar-refractivity contribution is 9.10. The van der Waals surface area contributed by atoms with E-state index in [2.05, 4.69) is 22.5 Å². The normalized spacial score (nSPS) is 15.2. The predicted molar refractivity (Wildman–Crippen MR) is 122 cm³/mol. The second kappa shape index (κ2) is 9.41. The molecular weight excluding hydrogens is 458 g/mol. The molecule has 2 aromatic rings. The number of thiocarbonyl (C=S) groups is 1. The van der Waals surface area contributed by atoms with Gasteiger partial charge in [0.25, 0.3) is 5.91 Å². The summed E-state index contributed by atoms with van der Waals surface area (Å²) in [4.78, 5) is 14.6. The molecule has 7 heteroatoms. The number of carbonyl (C=O) groups is 1. The van der Waals surface area contributed by atoms with E-state index in [0.29, 0.717) is 33.9 Å². The Balaban J connectivity index is 1.80. The molecule has 2 aromatic carbocycles. The first-order valence-corrected chi connectivity index (χ1v) is 10.4. The molecule has 0 saturated carbocycles. The van der Waals surface area contributed by atoms with Crippen LogP contribution in [0.15, 0.2) is 64.5 Å². The number of methoxy groups -OCH3 is 1. The molecule has 0 bridgehead atoms. The number of halogens is 1. The van der Waals surface area contributed by atoms with Crippen molar-refractivity contribution in [1.29, 1.82) is 0 Å². The summed E-state index contributed by atoms with van der Waals surface area (Å²) >= 11 is 9.99. The molecule has 4 nitrogen and oxygen atoms in total. The Hall–Kier alpha value is -2.09. The predicted octanol–water partition coefficient (Wildman–Crippen LogP) is 5.42. The Morgan fingerprint density at radius 1 is 1.21 bits per heavy atom. The number of hydrogen-bond donors (Lipinski definition) is 0. The summed E-state index contributed by atoms with van der Waals surface area (Å²) in [7, 11) is 1.60. The standard InChI is InChI=1S/C21H18BrNO3S2/c1-3-10-23-20(24)19(28-21(23)27)12-15-6-9-17(25-2)18(11-15)26-13-14-4-7-16(22)8-5-14/h3-9,11-12H,1,10,13H2,2H3/b19-12+. The maximum absolute atomic E-state index is 12.5. The molecule has 1 amide bonds. The number of thioether (sulfide) groups is 1. The molecule has 0 aliphatic carbocycles. The highest BCUT2D eigenvalue weighted by atomic mass is 79.9. The van der Waals surface area contributed by atoms with Crippen molar-refractivity contribution < 1.29 is 14.3 Å². The Bertz CT molecular complexity index is 941. The molecule has 0 N–H and O–H groups in total. The second-order valence-corrected chi connectivity index (χ2v) is 8.50. The van der Waals surface area contributed by atoms with E-state index in [1.807, 2.05) is 48.5 Å². The van der Waals surface area contributed by atoms with E-state index in [-0.39, 0.29) is 5.91 Å². The summed E-state index contributed by atoms with van der Waals surface area (Å²) in [6.45, 7) is 4.49. The Morgan fingerprint density at radius 2 is 1.96 bits per heavy atom. The summed E-state index contributed by atoms with van der Waals surface area (Å²) in [5.74, 6) is 1.14. The number of carbonyl (C=O) groups excluding carboxylic acids is 1. The zero-order valence-corrected chi connectivity index (χ0v) is 18.4. The van der Waals surface area contributed by atoms with Gasteiger partial charge in [0.05, 0.1) is 12.0 Å². The maximum atomic E-state index is 12.5. The molecule has 1 saturated heterocycles. The summed E-state index contributed by atoms with van der Waals surface area (Å²) < 4.78 is 12.9. The zero-order chi connectivity index (χ0) is 20.1. The van der Waals surface area contributed by atoms with E-state index in [9.17, 15) is 4.79 Å². The topological polar surface area (TPSA) is 38.8 Å². The van der Waals surface area contributed by atoms with Crippen molar-refractivity contribution in [3.63, 3.8) is 0 Å². The third kappa shape index (κ3) is 4.84. The molecule has 144 valence electrons. The fourth-order valence-electron chi connectivity index (χ4n) is 2.58. The summed E-state index contributed by atoms with van der Waals surface area (Å²) in [5.41, 5.74) is 1.88. The van der Waals surface area contributed by atoms with Gasteiger partial charge in [0.15, 0.2) is 11.5 Å². The first-order chi connectivity index (χ1) is 13.5. The van der Waals surface area contributed by atoms with Gasteiger partial charge in [-0.3, -0.25) is 9.69 Å². The molecule has 28 heavy (non-hydrogen) atoms. The van der Waals surface area contributed by atoms with Crippen LogP contribution in [0.5, 0.6) is 11.5 Å². The Labute approximate surface area is 182 Å². The van der Waals surface area contributed by atoms with Gasteiger partial charge in [0.2, 0.25) is 0 Å². The lowest BCUT2D eigenvalue weighted by Gasteiger charge is -2.12. The van der Waals surface area contributed by atoms with Crippen LogP contribution >= 0.6 is 39.9 Å². The van der Waals surface area contributed by atoms with Crippen molar-refractivity contribution >= 4 is 56.2 Å². The molecule has 3 rings (SSSR count). The minimum atomic E-state index is -0.108. The molecule has 0 atom stereocenters. The lowest BCUT2D eigenvalue weighted by atomic mass is 10.1. The molecule has 0 unspecified atom stereocenters. The average Bonchev–Trinajstić information content (AvgIpc) is 2.95. The van der Waals surface area contributed by atoms with E-state index in [1.54, 1.807) is 13.2 Å². The third-order valence-corrected chi connectivity index (χ3v) is 5.88. The van der Waals surface area contributed by atoms with Crippen LogP contribution in [-0.2, 0) is 11.4 Å². The number of hydrogen-bond acceptors (Lipinski definition) is 5. The van der Waals surface area contributed by atoms with Gasteiger partial charge >= 0.3 is 0 Å². The van der Waals surface area contributed by atoms with Crippen LogP contribution in [0, 0.1) is 0 Å². The number of rotatable bonds is 7. The minimum absolute atomic E-state index is 0.108. The van der Waals surface area contributed by atoms with Crippen LogP contribution in [0.3, 0.4) is 0 Å². The number of nitrogens with zero attached hydrogens (tertiary/aromatic N) is 1. The van der Waals surface area contributed by atoms with Crippen molar-refractivity contribution in [3.05, 3.63) is 75.6 Å². The van der Waals surface area contributed by atoms with E-state index < -0.39 is 0 Å². The Morgan fingerprint density at radius 3 is 2.64 bits per heavy atom. The lowest BCUT2D eigenvalue weighted by molar-refractivity contribution is -0.121. The van der Waals surface area contributed by atoms with Crippen LogP contribution in [0.1, 0.15) is 11.1 Å². The van der Waals surface area contributed by atoms with E-state index in [4.69, 9.17) is 21.7 Å². The van der Waals surface area contributed by atoms with Gasteiger partial charge in [-0.1, -0.05) is 64.2 Å². The maximum Gasteiger partial charge on any atom is 0.266 e. The minimum Gasteiger partial charge on any atom is -0.493 e. The van der Waals surface area contributed by atoms with Crippen LogP contribution in [-0.4, -0.2) is 28.8 Å². The molecule has 1 aliphatic rings. The summed E-state index contributed by atoms with van der Waals surface area (Å²) in [5, 5.41) is 0. The van der Waals surface area contributed by atoms with Crippen molar-refractivity contribution in [2.45, 2.75) is 6.61 Å². The van der Waals surface area contributed by atoms with Crippen LogP contribution in [0.4, 0.5) is 0 Å². The fraction of sp³-hybridized carbons (Fsp3) is 0.143. The summed E-state index contributed by atoms with van der Waals surface area (Å²) in [6, 6.07) is 13.5. The van der Waals surface area contributed by atoms with Crippen molar-refractivity contribution in [2.24, 2.45) is 0 Å². The van der Waals surface area contributed by atoms with Gasteiger partial charge in [0, 0.05) is 11.0 Å². The van der Waals surface area contributed by atoms with E-state index in [0.717, 1.165) is 15.6 Å². The lowest BCUT2D eigenvalue weighted by Crippen LogP contribution is -2.27. The average molecular weight is 476 g/mol. The second-order valence-electron chi connectivity index (χ2n) is 5.91. The van der Waals surface area contributed by atoms with Gasteiger partial charge in [-0.05, 0) is 41.5 Å².